The first kappa shape index (κ1) is 18.6. The van der Waals surface area contributed by atoms with Crippen molar-refractivity contribution < 1.29 is 19.1 Å². The molecule has 0 fully saturated rings. The minimum absolute atomic E-state index is 0.152. The van der Waals surface area contributed by atoms with Crippen LogP contribution in [0, 0.1) is 0 Å². The molecule has 0 aliphatic carbocycles. The minimum Gasteiger partial charge on any atom is -0.443 e. The molecule has 0 radical (unpaired) electrons. The molecule has 0 N–H and O–H groups in total. The van der Waals surface area contributed by atoms with Gasteiger partial charge in [-0.3, -0.25) is 0 Å². The molecule has 23 heavy (non-hydrogen) atoms. The van der Waals surface area contributed by atoms with Gasteiger partial charge in [0, 0.05) is 0 Å². The van der Waals surface area contributed by atoms with E-state index in [1.54, 1.807) is 41.5 Å². The van der Waals surface area contributed by atoms with Crippen LogP contribution >= 0.6 is 0 Å². The van der Waals surface area contributed by atoms with Crippen LogP contribution in [0.5, 0.6) is 0 Å². The van der Waals surface area contributed by atoms with E-state index < -0.39 is 23.4 Å². The van der Waals surface area contributed by atoms with Crippen molar-refractivity contribution in [3.63, 3.8) is 0 Å². The molecule has 0 saturated heterocycles. The van der Waals surface area contributed by atoms with Crippen LogP contribution in [-0.4, -0.2) is 33.4 Å². The minimum atomic E-state index is -0.860. The molecule has 0 aromatic carbocycles. The Kier molecular flexibility index (Phi) is 5.47. The fraction of sp³-hybridized carbons (Fsp3) is 0.500. The molecule has 7 heteroatoms. The highest BCUT2D eigenvalue weighted by Gasteiger charge is 2.33. The lowest BCUT2D eigenvalue weighted by Crippen LogP contribution is -2.44. The van der Waals surface area contributed by atoms with Crippen molar-refractivity contribution in [2.45, 2.75) is 52.7 Å². The van der Waals surface area contributed by atoms with Gasteiger partial charge in [0.2, 0.25) is 0 Å². The van der Waals surface area contributed by atoms with Gasteiger partial charge in [0.15, 0.2) is 5.82 Å². The molecule has 0 aliphatic rings. The van der Waals surface area contributed by atoms with Gasteiger partial charge in [0.05, 0.1) is 18.1 Å². The zero-order chi connectivity index (χ0) is 17.8. The Morgan fingerprint density at radius 1 is 1.00 bits per heavy atom. The lowest BCUT2D eigenvalue weighted by atomic mass is 10.2. The molecule has 2 amide bonds. The highest BCUT2D eigenvalue weighted by molar-refractivity contribution is 6.09. The molecule has 1 rings (SSSR count). The molecule has 0 spiro atoms. The number of nitrogens with zero attached hydrogens (tertiary/aromatic N) is 3. The van der Waals surface area contributed by atoms with Crippen molar-refractivity contribution in [1.82, 2.24) is 9.97 Å². The number of anilines is 1. The average Bonchev–Trinajstić information content (AvgIpc) is 2.35. The van der Waals surface area contributed by atoms with Crippen LogP contribution in [0.4, 0.5) is 15.3 Å². The predicted octanol–water partition coefficient (Wildman–Crippen LogP) is 3.80. The van der Waals surface area contributed by atoms with Crippen LogP contribution in [0.1, 0.15) is 47.4 Å². The Bertz CT molecular complexity index is 555. The van der Waals surface area contributed by atoms with Crippen molar-refractivity contribution in [2.24, 2.45) is 0 Å². The molecular formula is C16H23N3O4. The van der Waals surface area contributed by atoms with Crippen molar-refractivity contribution >= 4 is 23.9 Å². The first-order valence-electron chi connectivity index (χ1n) is 7.13. The predicted molar refractivity (Wildman–Crippen MR) is 87.1 cm³/mol. The third-order valence-corrected chi connectivity index (χ3v) is 2.25. The van der Waals surface area contributed by atoms with E-state index >= 15 is 0 Å². The number of aromatic nitrogens is 2. The van der Waals surface area contributed by atoms with Crippen LogP contribution < -0.4 is 4.90 Å². The molecule has 1 heterocycles. The Hall–Kier alpha value is -2.44. The first-order chi connectivity index (χ1) is 10.4. The quantitative estimate of drug-likeness (QED) is 0.824. The number of carbonyl (C=O) groups excluding carboxylic acids is 2. The smallest absolute Gasteiger partial charge is 0.424 e. The monoisotopic (exact) mass is 321 g/mol. The summed E-state index contributed by atoms with van der Waals surface area (Å²) in [4.78, 5) is 33.5. The Morgan fingerprint density at radius 2 is 1.39 bits per heavy atom. The highest BCUT2D eigenvalue weighted by atomic mass is 16.6. The van der Waals surface area contributed by atoms with Gasteiger partial charge < -0.3 is 9.47 Å². The molecule has 0 atom stereocenters. The number of amides is 2. The molecular weight excluding hydrogens is 298 g/mol. The number of hydrogen-bond acceptors (Lipinski definition) is 6. The number of rotatable bonds is 2. The molecule has 7 nitrogen and oxygen atoms in total. The Labute approximate surface area is 136 Å². The average molecular weight is 321 g/mol. The van der Waals surface area contributed by atoms with E-state index in [1.165, 1.54) is 18.5 Å². The van der Waals surface area contributed by atoms with Gasteiger partial charge >= 0.3 is 12.2 Å². The van der Waals surface area contributed by atoms with Crippen molar-refractivity contribution in [3.05, 3.63) is 24.8 Å². The molecule has 0 unspecified atom stereocenters. The summed E-state index contributed by atoms with van der Waals surface area (Å²) < 4.78 is 10.5. The summed E-state index contributed by atoms with van der Waals surface area (Å²) in [6.07, 6.45) is 2.40. The summed E-state index contributed by atoms with van der Waals surface area (Å²) in [5, 5.41) is 0. The van der Waals surface area contributed by atoms with Crippen molar-refractivity contribution in [1.29, 1.82) is 0 Å². The number of ether oxygens (including phenoxy) is 2. The second-order valence-corrected chi connectivity index (χ2v) is 6.80. The Balaban J connectivity index is 3.16. The van der Waals surface area contributed by atoms with Gasteiger partial charge in [-0.15, -0.1) is 0 Å². The standard InChI is InChI=1S/C16H23N3O4/c1-8-12-17-9-11(10-18-12)19(13(20)22-15(2,3)4)14(21)23-16(5,6)7/h8-10H,1H2,2-7H3. The lowest BCUT2D eigenvalue weighted by Gasteiger charge is -2.28. The second kappa shape index (κ2) is 6.76. The van der Waals surface area contributed by atoms with Crippen molar-refractivity contribution in [2.75, 3.05) is 4.90 Å². The van der Waals surface area contributed by atoms with Gasteiger partial charge in [0.25, 0.3) is 0 Å². The third kappa shape index (κ3) is 6.06. The van der Waals surface area contributed by atoms with Gasteiger partial charge in [-0.25, -0.2) is 19.6 Å². The topological polar surface area (TPSA) is 81.6 Å². The summed E-state index contributed by atoms with van der Waals surface area (Å²) in [6, 6.07) is 0. The normalized spacial score (nSPS) is 11.6. The summed E-state index contributed by atoms with van der Waals surface area (Å²) in [5.41, 5.74) is -1.38. The molecule has 126 valence electrons. The van der Waals surface area contributed by atoms with E-state index in [2.05, 4.69) is 16.5 Å². The zero-order valence-corrected chi connectivity index (χ0v) is 14.4. The molecule has 1 aromatic heterocycles. The van der Waals surface area contributed by atoms with Gasteiger partial charge in [-0.1, -0.05) is 6.58 Å². The van der Waals surface area contributed by atoms with Crippen molar-refractivity contribution in [3.8, 4) is 0 Å². The van der Waals surface area contributed by atoms with Gasteiger partial charge in [0.1, 0.15) is 11.2 Å². The van der Waals surface area contributed by atoms with E-state index in [0.717, 1.165) is 4.90 Å². The van der Waals surface area contributed by atoms with E-state index in [9.17, 15) is 9.59 Å². The lowest BCUT2D eigenvalue weighted by molar-refractivity contribution is 0.0430. The summed E-state index contributed by atoms with van der Waals surface area (Å²) >= 11 is 0. The SMILES string of the molecule is C=Cc1ncc(N(C(=O)OC(C)(C)C)C(=O)OC(C)(C)C)cn1. The van der Waals surface area contributed by atoms with Crippen LogP contribution in [0.2, 0.25) is 0 Å². The maximum absolute atomic E-state index is 12.4. The molecule has 0 bridgehead atoms. The Morgan fingerprint density at radius 3 is 1.70 bits per heavy atom. The van der Waals surface area contributed by atoms with Gasteiger partial charge in [-0.05, 0) is 47.6 Å². The summed E-state index contributed by atoms with van der Waals surface area (Å²) in [5.74, 6) is 0.377. The maximum atomic E-state index is 12.4. The van der Waals surface area contributed by atoms with Crippen LogP contribution in [0.15, 0.2) is 19.0 Å². The van der Waals surface area contributed by atoms with E-state index in [0.29, 0.717) is 5.82 Å². The maximum Gasteiger partial charge on any atom is 0.424 e. The van der Waals surface area contributed by atoms with Crippen LogP contribution in [0.25, 0.3) is 6.08 Å². The fourth-order valence-electron chi connectivity index (χ4n) is 1.45. The van der Waals surface area contributed by atoms with Crippen LogP contribution in [-0.2, 0) is 9.47 Å². The third-order valence-electron chi connectivity index (χ3n) is 2.25. The largest absolute Gasteiger partial charge is 0.443 e. The number of hydrogen-bond donors (Lipinski definition) is 0. The summed E-state index contributed by atoms with van der Waals surface area (Å²) in [6.45, 7) is 13.8. The van der Waals surface area contributed by atoms with E-state index in [1.807, 2.05) is 0 Å². The number of imide groups is 1. The molecule has 1 aromatic rings. The fourth-order valence-corrected chi connectivity index (χ4v) is 1.45. The number of carbonyl (C=O) groups is 2. The zero-order valence-electron chi connectivity index (χ0n) is 14.4. The second-order valence-electron chi connectivity index (χ2n) is 6.80. The van der Waals surface area contributed by atoms with Gasteiger partial charge in [-0.2, -0.15) is 4.90 Å². The molecule has 0 saturated carbocycles. The molecule has 0 aliphatic heterocycles. The van der Waals surface area contributed by atoms with Crippen LogP contribution in [0.3, 0.4) is 0 Å². The van der Waals surface area contributed by atoms with E-state index in [4.69, 9.17) is 9.47 Å². The summed E-state index contributed by atoms with van der Waals surface area (Å²) in [7, 11) is 0. The van der Waals surface area contributed by atoms with E-state index in [-0.39, 0.29) is 5.69 Å². The first-order valence-corrected chi connectivity index (χ1v) is 7.13. The highest BCUT2D eigenvalue weighted by Crippen LogP contribution is 2.20.